The fourth-order valence-corrected chi connectivity index (χ4v) is 1.24. The second-order valence-corrected chi connectivity index (χ2v) is 3.31. The highest BCUT2D eigenvalue weighted by Crippen LogP contribution is 2.13. The molecular formula is C12H14FNO. The lowest BCUT2D eigenvalue weighted by Crippen LogP contribution is -2.19. The monoisotopic (exact) mass is 207 g/mol. The molecule has 0 saturated carbocycles. The van der Waals surface area contributed by atoms with E-state index in [4.69, 9.17) is 0 Å². The second-order valence-electron chi connectivity index (χ2n) is 3.31. The molecule has 1 N–H and O–H groups in total. The van der Waals surface area contributed by atoms with E-state index in [1.165, 1.54) is 13.0 Å². The Morgan fingerprint density at radius 3 is 2.87 bits per heavy atom. The van der Waals surface area contributed by atoms with Crippen molar-refractivity contribution in [2.24, 2.45) is 0 Å². The molecular weight excluding hydrogens is 193 g/mol. The van der Waals surface area contributed by atoms with Crippen molar-refractivity contribution in [1.82, 2.24) is 5.32 Å². The third kappa shape index (κ3) is 3.54. The molecule has 0 radical (unpaired) electrons. The number of aryl methyl sites for hydroxylation is 1. The lowest BCUT2D eigenvalue weighted by atomic mass is 10.1. The zero-order valence-electron chi connectivity index (χ0n) is 8.88. The van der Waals surface area contributed by atoms with Crippen LogP contribution >= 0.6 is 0 Å². The maximum atomic E-state index is 13.3. The van der Waals surface area contributed by atoms with E-state index in [0.717, 1.165) is 5.56 Å². The molecule has 0 aromatic heterocycles. The van der Waals surface area contributed by atoms with Crippen LogP contribution in [0.2, 0.25) is 0 Å². The van der Waals surface area contributed by atoms with Crippen molar-refractivity contribution in [3.63, 3.8) is 0 Å². The molecule has 0 aliphatic carbocycles. The molecule has 15 heavy (non-hydrogen) atoms. The second kappa shape index (κ2) is 5.29. The molecule has 0 heterocycles. The molecule has 0 spiro atoms. The molecule has 2 nitrogen and oxygen atoms in total. The van der Waals surface area contributed by atoms with E-state index in [2.05, 4.69) is 5.32 Å². The Bertz CT molecular complexity index is 365. The van der Waals surface area contributed by atoms with E-state index in [-0.39, 0.29) is 11.7 Å². The number of nitrogens with one attached hydrogen (secondary N) is 1. The number of hydrogen-bond acceptors (Lipinski definition) is 1. The topological polar surface area (TPSA) is 29.1 Å². The van der Waals surface area contributed by atoms with Gasteiger partial charge in [-0.25, -0.2) is 4.39 Å². The first-order valence-corrected chi connectivity index (χ1v) is 4.77. The van der Waals surface area contributed by atoms with E-state index in [0.29, 0.717) is 12.1 Å². The van der Waals surface area contributed by atoms with E-state index in [1.807, 2.05) is 13.0 Å². The van der Waals surface area contributed by atoms with Crippen molar-refractivity contribution in [1.29, 1.82) is 0 Å². The summed E-state index contributed by atoms with van der Waals surface area (Å²) in [4.78, 5) is 10.6. The van der Waals surface area contributed by atoms with Gasteiger partial charge in [-0.15, -0.1) is 0 Å². The van der Waals surface area contributed by atoms with E-state index < -0.39 is 0 Å². The Morgan fingerprint density at radius 1 is 1.53 bits per heavy atom. The molecule has 0 bridgehead atoms. The third-order valence-electron chi connectivity index (χ3n) is 2.02. The van der Waals surface area contributed by atoms with Crippen molar-refractivity contribution in [3.8, 4) is 0 Å². The van der Waals surface area contributed by atoms with Crippen molar-refractivity contribution in [2.75, 3.05) is 6.54 Å². The van der Waals surface area contributed by atoms with Crippen LogP contribution in [0.4, 0.5) is 4.39 Å². The van der Waals surface area contributed by atoms with Crippen LogP contribution in [0.15, 0.2) is 24.3 Å². The highest BCUT2D eigenvalue weighted by atomic mass is 19.1. The average molecular weight is 207 g/mol. The summed E-state index contributed by atoms with van der Waals surface area (Å²) in [5.41, 5.74) is 1.46. The minimum absolute atomic E-state index is 0.0927. The van der Waals surface area contributed by atoms with Gasteiger partial charge in [-0.05, 0) is 18.6 Å². The van der Waals surface area contributed by atoms with Gasteiger partial charge in [0.15, 0.2) is 0 Å². The van der Waals surface area contributed by atoms with E-state index >= 15 is 0 Å². The van der Waals surface area contributed by atoms with Crippen LogP contribution in [-0.2, 0) is 4.79 Å². The zero-order chi connectivity index (χ0) is 11.3. The quantitative estimate of drug-likeness (QED) is 0.809. The summed E-state index contributed by atoms with van der Waals surface area (Å²) in [6.07, 6.45) is 3.41. The fraction of sp³-hybridized carbons (Fsp3) is 0.250. The third-order valence-corrected chi connectivity index (χ3v) is 2.02. The Kier molecular flexibility index (Phi) is 4.03. The van der Waals surface area contributed by atoms with Gasteiger partial charge >= 0.3 is 0 Å². The molecule has 1 rings (SSSR count). The largest absolute Gasteiger partial charge is 0.353 e. The fourth-order valence-electron chi connectivity index (χ4n) is 1.24. The van der Waals surface area contributed by atoms with Crippen LogP contribution < -0.4 is 5.32 Å². The Labute approximate surface area is 88.8 Å². The van der Waals surface area contributed by atoms with Crippen LogP contribution in [0.5, 0.6) is 0 Å². The highest BCUT2D eigenvalue weighted by Gasteiger charge is 1.99. The van der Waals surface area contributed by atoms with Crippen molar-refractivity contribution >= 4 is 12.0 Å². The van der Waals surface area contributed by atoms with Crippen molar-refractivity contribution in [2.45, 2.75) is 13.8 Å². The minimum Gasteiger partial charge on any atom is -0.353 e. The van der Waals surface area contributed by atoms with Gasteiger partial charge in [-0.2, -0.15) is 0 Å². The zero-order valence-corrected chi connectivity index (χ0v) is 8.88. The number of rotatable bonds is 3. The van der Waals surface area contributed by atoms with Gasteiger partial charge in [-0.3, -0.25) is 4.79 Å². The van der Waals surface area contributed by atoms with Gasteiger partial charge < -0.3 is 5.32 Å². The van der Waals surface area contributed by atoms with Crippen LogP contribution in [0, 0.1) is 12.7 Å². The number of amides is 1. The highest BCUT2D eigenvalue weighted by molar-refractivity contribution is 5.73. The summed E-state index contributed by atoms with van der Waals surface area (Å²) in [6.45, 7) is 3.71. The van der Waals surface area contributed by atoms with Crippen LogP contribution in [0.25, 0.3) is 6.08 Å². The minimum atomic E-state index is -0.242. The molecule has 1 aromatic carbocycles. The van der Waals surface area contributed by atoms with Crippen LogP contribution in [0.1, 0.15) is 18.1 Å². The van der Waals surface area contributed by atoms with Gasteiger partial charge in [0, 0.05) is 19.0 Å². The number of benzene rings is 1. The first kappa shape index (κ1) is 11.4. The maximum Gasteiger partial charge on any atom is 0.217 e. The molecule has 0 aliphatic rings. The van der Waals surface area contributed by atoms with Gasteiger partial charge in [0.1, 0.15) is 5.82 Å². The van der Waals surface area contributed by atoms with Crippen LogP contribution in [-0.4, -0.2) is 12.5 Å². The summed E-state index contributed by atoms with van der Waals surface area (Å²) < 4.78 is 13.3. The molecule has 1 aromatic rings. The Hall–Kier alpha value is -1.64. The molecule has 0 unspecified atom stereocenters. The molecule has 0 saturated heterocycles. The first-order chi connectivity index (χ1) is 7.11. The smallest absolute Gasteiger partial charge is 0.217 e. The Morgan fingerprint density at radius 2 is 2.27 bits per heavy atom. The van der Waals surface area contributed by atoms with Crippen molar-refractivity contribution < 1.29 is 9.18 Å². The number of carbonyl (C=O) groups is 1. The molecule has 0 fully saturated rings. The average Bonchev–Trinajstić information content (AvgIpc) is 2.15. The molecule has 0 aliphatic heterocycles. The molecule has 1 amide bonds. The maximum absolute atomic E-state index is 13.3. The summed E-state index contributed by atoms with van der Waals surface area (Å²) in [7, 11) is 0. The summed E-state index contributed by atoms with van der Waals surface area (Å²) in [6, 6.07) is 4.95. The standard InChI is InChI=1S/C12H14FNO/c1-9-5-3-7-12(13)11(9)6-4-8-14-10(2)15/h3-7H,8H2,1-2H3,(H,14,15). The van der Waals surface area contributed by atoms with Gasteiger partial charge in [0.05, 0.1) is 0 Å². The van der Waals surface area contributed by atoms with E-state index in [9.17, 15) is 9.18 Å². The molecule has 80 valence electrons. The number of halogens is 1. The van der Waals surface area contributed by atoms with Gasteiger partial charge in [0.25, 0.3) is 0 Å². The summed E-state index contributed by atoms with van der Waals surface area (Å²) >= 11 is 0. The lowest BCUT2D eigenvalue weighted by molar-refractivity contribution is -0.118. The first-order valence-electron chi connectivity index (χ1n) is 4.77. The van der Waals surface area contributed by atoms with E-state index in [1.54, 1.807) is 18.2 Å². The predicted molar refractivity (Wildman–Crippen MR) is 58.9 cm³/mol. The summed E-state index contributed by atoms with van der Waals surface area (Å²) in [5, 5.41) is 2.61. The molecule has 0 atom stereocenters. The number of hydrogen-bond donors (Lipinski definition) is 1. The number of carbonyl (C=O) groups excluding carboxylic acids is 1. The molecule has 3 heteroatoms. The van der Waals surface area contributed by atoms with Crippen LogP contribution in [0.3, 0.4) is 0 Å². The SMILES string of the molecule is CC(=O)NCC=Cc1c(C)cccc1F. The normalized spacial score (nSPS) is 10.6. The Balaban J connectivity index is 2.67. The van der Waals surface area contributed by atoms with Crippen molar-refractivity contribution in [3.05, 3.63) is 41.2 Å². The van der Waals surface area contributed by atoms with Gasteiger partial charge in [0.2, 0.25) is 5.91 Å². The predicted octanol–water partition coefficient (Wildman–Crippen LogP) is 2.28. The summed E-state index contributed by atoms with van der Waals surface area (Å²) in [5.74, 6) is -0.334. The van der Waals surface area contributed by atoms with Gasteiger partial charge in [-0.1, -0.05) is 24.3 Å². The lowest BCUT2D eigenvalue weighted by Gasteiger charge is -2.01.